The molecule has 0 aliphatic carbocycles. The fourth-order valence-electron chi connectivity index (χ4n) is 1.74. The average molecular weight is 356 g/mol. The largest absolute Gasteiger partial charge is 0.488 e. The molecule has 20 heavy (non-hydrogen) atoms. The van der Waals surface area contributed by atoms with E-state index in [-0.39, 0.29) is 5.56 Å². The van der Waals surface area contributed by atoms with Crippen LogP contribution in [0.1, 0.15) is 21.5 Å². The van der Waals surface area contributed by atoms with Crippen LogP contribution in [0.3, 0.4) is 0 Å². The smallest absolute Gasteiger partial charge is 0.335 e. The summed E-state index contributed by atoms with van der Waals surface area (Å²) < 4.78 is 6.49. The fraction of sp³-hybridized carbons (Fsp3) is 0.133. The first kappa shape index (κ1) is 14.9. The first-order valence-corrected chi connectivity index (χ1v) is 7.05. The van der Waals surface area contributed by atoms with Crippen molar-refractivity contribution in [3.8, 4) is 5.75 Å². The molecule has 2 aromatic rings. The van der Waals surface area contributed by atoms with Crippen molar-refractivity contribution in [1.82, 2.24) is 0 Å². The van der Waals surface area contributed by atoms with Gasteiger partial charge in [-0.3, -0.25) is 0 Å². The first-order chi connectivity index (χ1) is 9.47. The number of carboxylic acid groups (broad SMARTS) is 1. The zero-order chi connectivity index (χ0) is 14.7. The Hall–Kier alpha value is -1.52. The molecule has 2 rings (SSSR count). The lowest BCUT2D eigenvalue weighted by atomic mass is 10.1. The van der Waals surface area contributed by atoms with Gasteiger partial charge in [0.2, 0.25) is 0 Å². The third kappa shape index (κ3) is 3.52. The molecule has 0 saturated carbocycles. The molecule has 104 valence electrons. The summed E-state index contributed by atoms with van der Waals surface area (Å²) in [5, 5.41) is 9.55. The molecule has 5 heteroatoms. The van der Waals surface area contributed by atoms with Crippen LogP contribution >= 0.6 is 27.5 Å². The summed E-state index contributed by atoms with van der Waals surface area (Å²) in [6, 6.07) is 10.3. The van der Waals surface area contributed by atoms with E-state index in [9.17, 15) is 4.79 Å². The van der Waals surface area contributed by atoms with E-state index in [0.29, 0.717) is 17.4 Å². The number of rotatable bonds is 4. The van der Waals surface area contributed by atoms with Gasteiger partial charge in [0.15, 0.2) is 0 Å². The molecule has 0 unspecified atom stereocenters. The Balaban J connectivity index is 2.13. The quantitative estimate of drug-likeness (QED) is 0.865. The summed E-state index contributed by atoms with van der Waals surface area (Å²) in [5.41, 5.74) is 2.10. The van der Waals surface area contributed by atoms with E-state index in [1.165, 1.54) is 0 Å². The molecule has 0 bridgehead atoms. The highest BCUT2D eigenvalue weighted by molar-refractivity contribution is 9.10. The normalized spacial score (nSPS) is 10.3. The molecule has 0 amide bonds. The van der Waals surface area contributed by atoms with Gasteiger partial charge in [-0.15, -0.1) is 0 Å². The Kier molecular flexibility index (Phi) is 4.68. The maximum atomic E-state index is 10.9. The SMILES string of the molecule is Cc1cc(C(=O)O)ccc1COc1ccc(Cl)cc1Br. The van der Waals surface area contributed by atoms with E-state index in [0.717, 1.165) is 15.6 Å². The molecule has 2 aromatic carbocycles. The topological polar surface area (TPSA) is 46.5 Å². The van der Waals surface area contributed by atoms with Crippen LogP contribution in [-0.2, 0) is 6.61 Å². The van der Waals surface area contributed by atoms with Gasteiger partial charge in [0, 0.05) is 5.02 Å². The van der Waals surface area contributed by atoms with Gasteiger partial charge in [-0.1, -0.05) is 17.7 Å². The van der Waals surface area contributed by atoms with Crippen molar-refractivity contribution in [2.24, 2.45) is 0 Å². The Morgan fingerprint density at radius 3 is 2.65 bits per heavy atom. The summed E-state index contributed by atoms with van der Waals surface area (Å²) >= 11 is 9.25. The molecule has 0 radical (unpaired) electrons. The van der Waals surface area contributed by atoms with Crippen molar-refractivity contribution in [1.29, 1.82) is 0 Å². The van der Waals surface area contributed by atoms with Gasteiger partial charge >= 0.3 is 5.97 Å². The number of halogens is 2. The molecule has 0 fully saturated rings. The maximum absolute atomic E-state index is 10.9. The van der Waals surface area contributed by atoms with Crippen molar-refractivity contribution in [3.63, 3.8) is 0 Å². The molecule has 0 aliphatic rings. The summed E-state index contributed by atoms with van der Waals surface area (Å²) in [6.45, 7) is 2.23. The molecule has 3 nitrogen and oxygen atoms in total. The van der Waals surface area contributed by atoms with E-state index < -0.39 is 5.97 Å². The number of carboxylic acids is 1. The van der Waals surface area contributed by atoms with Gasteiger partial charge in [0.25, 0.3) is 0 Å². The lowest BCUT2D eigenvalue weighted by molar-refractivity contribution is 0.0696. The summed E-state index contributed by atoms with van der Waals surface area (Å²) in [4.78, 5) is 10.9. The Morgan fingerprint density at radius 1 is 1.30 bits per heavy atom. The van der Waals surface area contributed by atoms with E-state index in [1.807, 2.05) is 6.92 Å². The number of hydrogen-bond acceptors (Lipinski definition) is 2. The molecular formula is C15H12BrClO3. The second-order valence-corrected chi connectivity index (χ2v) is 5.60. The van der Waals surface area contributed by atoms with Crippen molar-refractivity contribution in [2.45, 2.75) is 13.5 Å². The van der Waals surface area contributed by atoms with Crippen molar-refractivity contribution >= 4 is 33.5 Å². The van der Waals surface area contributed by atoms with E-state index >= 15 is 0 Å². The molecule has 0 atom stereocenters. The minimum Gasteiger partial charge on any atom is -0.488 e. The molecule has 0 heterocycles. The summed E-state index contributed by atoms with van der Waals surface area (Å²) in [7, 11) is 0. The number of benzene rings is 2. The minimum absolute atomic E-state index is 0.277. The van der Waals surface area contributed by atoms with Crippen LogP contribution < -0.4 is 4.74 Å². The zero-order valence-electron chi connectivity index (χ0n) is 10.7. The highest BCUT2D eigenvalue weighted by Crippen LogP contribution is 2.28. The Morgan fingerprint density at radius 2 is 2.05 bits per heavy atom. The molecule has 0 spiro atoms. The third-order valence-corrected chi connectivity index (χ3v) is 3.72. The number of aryl methyl sites for hydroxylation is 1. The average Bonchev–Trinajstić information content (AvgIpc) is 2.38. The standard InChI is InChI=1S/C15H12BrClO3/c1-9-6-10(15(18)19)2-3-11(9)8-20-14-5-4-12(17)7-13(14)16/h2-7H,8H2,1H3,(H,18,19). The molecule has 0 saturated heterocycles. The van der Waals surface area contributed by atoms with Gasteiger partial charge in [-0.05, 0) is 64.3 Å². The van der Waals surface area contributed by atoms with Crippen LogP contribution in [0.25, 0.3) is 0 Å². The lowest BCUT2D eigenvalue weighted by Gasteiger charge is -2.11. The second-order valence-electron chi connectivity index (χ2n) is 4.31. The van der Waals surface area contributed by atoms with Crippen LogP contribution in [0.2, 0.25) is 5.02 Å². The predicted molar refractivity (Wildman–Crippen MR) is 81.6 cm³/mol. The van der Waals surface area contributed by atoms with Gasteiger partial charge < -0.3 is 9.84 Å². The Labute approximate surface area is 130 Å². The molecule has 0 aliphatic heterocycles. The minimum atomic E-state index is -0.930. The highest BCUT2D eigenvalue weighted by Gasteiger charge is 2.07. The van der Waals surface area contributed by atoms with Crippen LogP contribution in [0.15, 0.2) is 40.9 Å². The summed E-state index contributed by atoms with van der Waals surface area (Å²) in [5.74, 6) is -0.239. The number of aromatic carboxylic acids is 1. The van der Waals surface area contributed by atoms with Crippen LogP contribution in [0.5, 0.6) is 5.75 Å². The monoisotopic (exact) mass is 354 g/mol. The molecule has 1 N–H and O–H groups in total. The lowest BCUT2D eigenvalue weighted by Crippen LogP contribution is -2.02. The summed E-state index contributed by atoms with van der Waals surface area (Å²) in [6.07, 6.45) is 0. The first-order valence-electron chi connectivity index (χ1n) is 5.88. The van der Waals surface area contributed by atoms with Gasteiger partial charge in [0.05, 0.1) is 10.0 Å². The van der Waals surface area contributed by atoms with Crippen molar-refractivity contribution in [3.05, 3.63) is 62.6 Å². The number of hydrogen-bond donors (Lipinski definition) is 1. The number of ether oxygens (including phenoxy) is 1. The van der Waals surface area contributed by atoms with E-state index in [2.05, 4.69) is 15.9 Å². The van der Waals surface area contributed by atoms with Gasteiger partial charge in [0.1, 0.15) is 12.4 Å². The second kappa shape index (κ2) is 6.29. The third-order valence-electron chi connectivity index (χ3n) is 2.87. The zero-order valence-corrected chi connectivity index (χ0v) is 13.0. The molecular weight excluding hydrogens is 344 g/mol. The maximum Gasteiger partial charge on any atom is 0.335 e. The predicted octanol–water partition coefficient (Wildman–Crippen LogP) is 4.69. The number of carbonyl (C=O) groups is 1. The van der Waals surface area contributed by atoms with Crippen molar-refractivity contribution in [2.75, 3.05) is 0 Å². The van der Waals surface area contributed by atoms with Crippen LogP contribution in [0.4, 0.5) is 0 Å². The van der Waals surface area contributed by atoms with E-state index in [1.54, 1.807) is 36.4 Å². The van der Waals surface area contributed by atoms with Crippen LogP contribution in [0, 0.1) is 6.92 Å². The van der Waals surface area contributed by atoms with Crippen molar-refractivity contribution < 1.29 is 14.6 Å². The fourth-order valence-corrected chi connectivity index (χ4v) is 2.54. The van der Waals surface area contributed by atoms with Gasteiger partial charge in [-0.2, -0.15) is 0 Å². The van der Waals surface area contributed by atoms with E-state index in [4.69, 9.17) is 21.4 Å². The van der Waals surface area contributed by atoms with Gasteiger partial charge in [-0.25, -0.2) is 4.79 Å². The Bertz CT molecular complexity index is 656. The highest BCUT2D eigenvalue weighted by atomic mass is 79.9. The van der Waals surface area contributed by atoms with Crippen LogP contribution in [-0.4, -0.2) is 11.1 Å². The molecule has 0 aromatic heterocycles.